The fourth-order valence-corrected chi connectivity index (χ4v) is 2.44. The fraction of sp³-hybridized carbons (Fsp3) is 0.0909. The Bertz CT molecular complexity index is 465. The van der Waals surface area contributed by atoms with Crippen LogP contribution in [0.15, 0.2) is 36.4 Å². The Labute approximate surface area is 93.0 Å². The highest BCUT2D eigenvalue weighted by Gasteiger charge is 2.16. The molecule has 0 radical (unpaired) electrons. The van der Waals surface area contributed by atoms with E-state index in [1.165, 1.54) is 4.88 Å². The Balaban J connectivity index is 2.52. The maximum absolute atomic E-state index is 9.23. The Kier molecular flexibility index (Phi) is 2.91. The van der Waals surface area contributed by atoms with Crippen molar-refractivity contribution in [1.29, 1.82) is 0 Å². The van der Waals surface area contributed by atoms with Crippen LogP contribution in [0.1, 0.15) is 4.88 Å². The van der Waals surface area contributed by atoms with Crippen molar-refractivity contribution in [1.82, 2.24) is 0 Å². The molecule has 0 aliphatic carbocycles. The van der Waals surface area contributed by atoms with Gasteiger partial charge in [0.25, 0.3) is 0 Å². The van der Waals surface area contributed by atoms with E-state index in [9.17, 15) is 10.0 Å². The maximum atomic E-state index is 9.23. The van der Waals surface area contributed by atoms with Crippen LogP contribution in [0.5, 0.6) is 0 Å². The molecule has 0 aliphatic heterocycles. The maximum Gasteiger partial charge on any atom is 0.489 e. The van der Waals surface area contributed by atoms with Gasteiger partial charge in [0.15, 0.2) is 0 Å². The lowest BCUT2D eigenvalue weighted by Crippen LogP contribution is -2.31. The summed E-state index contributed by atoms with van der Waals surface area (Å²) in [6.07, 6.45) is 0. The SMILES string of the molecule is Cc1ccc(-c2ccccc2B(O)O)s1. The Morgan fingerprint density at radius 2 is 1.80 bits per heavy atom. The summed E-state index contributed by atoms with van der Waals surface area (Å²) in [5.74, 6) is 0. The van der Waals surface area contributed by atoms with Crippen LogP contribution in [0.3, 0.4) is 0 Å². The predicted molar refractivity (Wildman–Crippen MR) is 64.3 cm³/mol. The second-order valence-corrected chi connectivity index (χ2v) is 4.66. The molecular weight excluding hydrogens is 207 g/mol. The van der Waals surface area contributed by atoms with Crippen LogP contribution in [0.4, 0.5) is 0 Å². The molecule has 0 fully saturated rings. The number of aryl methyl sites for hydroxylation is 1. The van der Waals surface area contributed by atoms with E-state index in [1.807, 2.05) is 31.2 Å². The van der Waals surface area contributed by atoms with E-state index < -0.39 is 7.12 Å². The average molecular weight is 218 g/mol. The first kappa shape index (κ1) is 10.4. The van der Waals surface area contributed by atoms with Gasteiger partial charge in [-0.15, -0.1) is 11.3 Å². The highest BCUT2D eigenvalue weighted by molar-refractivity contribution is 7.15. The van der Waals surface area contributed by atoms with Crippen LogP contribution in [-0.2, 0) is 0 Å². The van der Waals surface area contributed by atoms with Gasteiger partial charge in [-0.2, -0.15) is 0 Å². The summed E-state index contributed by atoms with van der Waals surface area (Å²) < 4.78 is 0. The third-order valence-electron chi connectivity index (χ3n) is 2.24. The van der Waals surface area contributed by atoms with E-state index >= 15 is 0 Å². The lowest BCUT2D eigenvalue weighted by Gasteiger charge is -2.05. The molecule has 1 aromatic carbocycles. The fourth-order valence-electron chi connectivity index (χ4n) is 1.53. The van der Waals surface area contributed by atoms with Gasteiger partial charge < -0.3 is 10.0 Å². The molecule has 2 nitrogen and oxygen atoms in total. The highest BCUT2D eigenvalue weighted by Crippen LogP contribution is 2.26. The summed E-state index contributed by atoms with van der Waals surface area (Å²) in [5.41, 5.74) is 1.45. The summed E-state index contributed by atoms with van der Waals surface area (Å²) in [4.78, 5) is 2.28. The van der Waals surface area contributed by atoms with Crippen LogP contribution in [-0.4, -0.2) is 17.2 Å². The molecule has 0 amide bonds. The molecule has 1 heterocycles. The zero-order valence-corrected chi connectivity index (χ0v) is 9.16. The van der Waals surface area contributed by atoms with E-state index in [2.05, 4.69) is 0 Å². The molecule has 4 heteroatoms. The van der Waals surface area contributed by atoms with Crippen molar-refractivity contribution >= 4 is 23.9 Å². The molecule has 0 saturated carbocycles. The summed E-state index contributed by atoms with van der Waals surface area (Å²) in [7, 11) is -1.41. The minimum absolute atomic E-state index is 0.555. The van der Waals surface area contributed by atoms with Gasteiger partial charge >= 0.3 is 7.12 Å². The minimum atomic E-state index is -1.41. The first-order valence-electron chi connectivity index (χ1n) is 4.70. The van der Waals surface area contributed by atoms with Gasteiger partial charge in [0, 0.05) is 9.75 Å². The van der Waals surface area contributed by atoms with Gasteiger partial charge in [0.05, 0.1) is 0 Å². The monoisotopic (exact) mass is 218 g/mol. The number of hydrogen-bond donors (Lipinski definition) is 2. The van der Waals surface area contributed by atoms with Crippen LogP contribution < -0.4 is 5.46 Å². The molecule has 2 aromatic rings. The van der Waals surface area contributed by atoms with Gasteiger partial charge in [-0.3, -0.25) is 0 Å². The summed E-state index contributed by atoms with van der Waals surface area (Å²) in [6, 6.07) is 11.4. The quantitative estimate of drug-likeness (QED) is 0.748. The Morgan fingerprint density at radius 1 is 1.07 bits per heavy atom. The third kappa shape index (κ3) is 2.12. The number of thiophene rings is 1. The van der Waals surface area contributed by atoms with Gasteiger partial charge in [-0.25, -0.2) is 0 Å². The molecule has 15 heavy (non-hydrogen) atoms. The van der Waals surface area contributed by atoms with E-state index in [4.69, 9.17) is 0 Å². The zero-order chi connectivity index (χ0) is 10.8. The average Bonchev–Trinajstić information content (AvgIpc) is 2.65. The van der Waals surface area contributed by atoms with Gasteiger partial charge in [0.2, 0.25) is 0 Å². The molecule has 2 rings (SSSR count). The van der Waals surface area contributed by atoms with Crippen LogP contribution in [0.2, 0.25) is 0 Å². The van der Waals surface area contributed by atoms with Crippen molar-refractivity contribution in [2.45, 2.75) is 6.92 Å². The molecular formula is C11H11BO2S. The molecule has 0 aliphatic rings. The van der Waals surface area contributed by atoms with Crippen molar-refractivity contribution in [2.75, 3.05) is 0 Å². The largest absolute Gasteiger partial charge is 0.489 e. The highest BCUT2D eigenvalue weighted by atomic mass is 32.1. The van der Waals surface area contributed by atoms with E-state index in [0.29, 0.717) is 5.46 Å². The van der Waals surface area contributed by atoms with Crippen molar-refractivity contribution in [3.63, 3.8) is 0 Å². The normalized spacial score (nSPS) is 10.3. The lowest BCUT2D eigenvalue weighted by molar-refractivity contribution is 0.426. The summed E-state index contributed by atoms with van der Waals surface area (Å²) >= 11 is 1.65. The number of rotatable bonds is 2. The van der Waals surface area contributed by atoms with E-state index in [1.54, 1.807) is 23.5 Å². The van der Waals surface area contributed by atoms with Crippen LogP contribution in [0, 0.1) is 6.92 Å². The second-order valence-electron chi connectivity index (χ2n) is 3.37. The third-order valence-corrected chi connectivity index (χ3v) is 3.28. The van der Waals surface area contributed by atoms with E-state index in [-0.39, 0.29) is 0 Å². The first-order valence-corrected chi connectivity index (χ1v) is 5.52. The number of benzene rings is 1. The smallest absolute Gasteiger partial charge is 0.423 e. The zero-order valence-electron chi connectivity index (χ0n) is 8.34. The first-order chi connectivity index (χ1) is 7.18. The molecule has 1 aromatic heterocycles. The standard InChI is InChI=1S/C11H11BO2S/c1-8-6-7-11(15-8)9-4-2-3-5-10(9)12(13)14/h2-7,13-14H,1H3. The van der Waals surface area contributed by atoms with Crippen molar-refractivity contribution in [3.8, 4) is 10.4 Å². The summed E-state index contributed by atoms with van der Waals surface area (Å²) in [5, 5.41) is 18.5. The molecule has 0 atom stereocenters. The molecule has 2 N–H and O–H groups in total. The summed E-state index contributed by atoms with van der Waals surface area (Å²) in [6.45, 7) is 2.03. The van der Waals surface area contributed by atoms with Gasteiger partial charge in [-0.1, -0.05) is 24.3 Å². The molecule has 0 unspecified atom stereocenters. The Hall–Kier alpha value is -1.10. The molecule has 76 valence electrons. The molecule has 0 bridgehead atoms. The van der Waals surface area contributed by atoms with Crippen molar-refractivity contribution < 1.29 is 10.0 Å². The van der Waals surface area contributed by atoms with Crippen LogP contribution >= 0.6 is 11.3 Å². The van der Waals surface area contributed by atoms with Gasteiger partial charge in [0.1, 0.15) is 0 Å². The lowest BCUT2D eigenvalue weighted by atomic mass is 9.77. The molecule has 0 saturated heterocycles. The molecule has 0 spiro atoms. The minimum Gasteiger partial charge on any atom is -0.423 e. The Morgan fingerprint density at radius 3 is 2.40 bits per heavy atom. The van der Waals surface area contributed by atoms with Crippen molar-refractivity contribution in [3.05, 3.63) is 41.3 Å². The van der Waals surface area contributed by atoms with Crippen LogP contribution in [0.25, 0.3) is 10.4 Å². The van der Waals surface area contributed by atoms with Crippen molar-refractivity contribution in [2.24, 2.45) is 0 Å². The van der Waals surface area contributed by atoms with E-state index in [0.717, 1.165) is 10.4 Å². The number of hydrogen-bond acceptors (Lipinski definition) is 3. The van der Waals surface area contributed by atoms with Gasteiger partial charge in [-0.05, 0) is 30.1 Å². The predicted octanol–water partition coefficient (Wildman–Crippen LogP) is 1.40. The topological polar surface area (TPSA) is 40.5 Å². The second kappa shape index (κ2) is 4.19.